The summed E-state index contributed by atoms with van der Waals surface area (Å²) in [6.45, 7) is 2.46. The zero-order valence-electron chi connectivity index (χ0n) is 19.3. The van der Waals surface area contributed by atoms with Crippen molar-refractivity contribution in [1.29, 1.82) is 0 Å². The molecule has 0 aromatic heterocycles. The molecule has 2 aliphatic heterocycles. The van der Waals surface area contributed by atoms with Gasteiger partial charge in [0.2, 0.25) is 0 Å². The van der Waals surface area contributed by atoms with Gasteiger partial charge in [-0.05, 0) is 61.0 Å². The van der Waals surface area contributed by atoms with Gasteiger partial charge in [0.25, 0.3) is 17.7 Å². The fourth-order valence-corrected chi connectivity index (χ4v) is 4.64. The van der Waals surface area contributed by atoms with E-state index in [-0.39, 0.29) is 5.91 Å². The SMILES string of the molecule is CCOc1ccc(N2C(=O)C(N3C(=O)c4ccccc4C3=O)C2c2ccc(N(C)C)cc2)cc1. The zero-order valence-corrected chi connectivity index (χ0v) is 19.3. The minimum Gasteiger partial charge on any atom is -0.494 e. The van der Waals surface area contributed by atoms with Crippen molar-refractivity contribution < 1.29 is 19.1 Å². The number of rotatable bonds is 6. The standard InChI is InChI=1S/C27H25N3O4/c1-4-34-20-15-13-19(14-16-20)29-23(17-9-11-18(12-10-17)28(2)3)24(27(29)33)30-25(31)21-7-5-6-8-22(21)26(30)32/h5-16,23-24H,4H2,1-3H3. The number of anilines is 2. The number of nitrogens with zero attached hydrogens (tertiary/aromatic N) is 3. The molecule has 1 saturated heterocycles. The van der Waals surface area contributed by atoms with Gasteiger partial charge in [-0.15, -0.1) is 0 Å². The molecule has 0 N–H and O–H groups in total. The van der Waals surface area contributed by atoms with Crippen LogP contribution in [-0.4, -0.2) is 49.4 Å². The van der Waals surface area contributed by atoms with Crippen LogP contribution in [0.25, 0.3) is 0 Å². The van der Waals surface area contributed by atoms with Crippen LogP contribution in [-0.2, 0) is 4.79 Å². The number of ether oxygens (including phenoxy) is 1. The summed E-state index contributed by atoms with van der Waals surface area (Å²) in [5.74, 6) is -0.441. The van der Waals surface area contributed by atoms with Gasteiger partial charge in [-0.3, -0.25) is 19.3 Å². The predicted octanol–water partition coefficient (Wildman–Crippen LogP) is 3.90. The molecule has 2 heterocycles. The Morgan fingerprint density at radius 2 is 1.35 bits per heavy atom. The third-order valence-corrected chi connectivity index (χ3v) is 6.35. The topological polar surface area (TPSA) is 70.2 Å². The highest BCUT2D eigenvalue weighted by atomic mass is 16.5. The number of hydrogen-bond donors (Lipinski definition) is 0. The van der Waals surface area contributed by atoms with E-state index in [1.807, 2.05) is 74.4 Å². The molecular formula is C27H25N3O4. The first-order valence-corrected chi connectivity index (χ1v) is 11.2. The number of benzene rings is 3. The summed E-state index contributed by atoms with van der Waals surface area (Å²) in [5.41, 5.74) is 3.21. The number of β-lactam (4-membered cyclic amide) rings is 1. The van der Waals surface area contributed by atoms with Gasteiger partial charge in [0.15, 0.2) is 0 Å². The molecule has 7 heteroatoms. The second kappa shape index (κ2) is 8.33. The Morgan fingerprint density at radius 1 is 0.765 bits per heavy atom. The van der Waals surface area contributed by atoms with Crippen molar-refractivity contribution in [3.63, 3.8) is 0 Å². The number of hydrogen-bond acceptors (Lipinski definition) is 5. The lowest BCUT2D eigenvalue weighted by Crippen LogP contribution is -2.67. The van der Waals surface area contributed by atoms with Crippen molar-refractivity contribution in [2.45, 2.75) is 19.0 Å². The molecule has 2 aliphatic rings. The highest BCUT2D eigenvalue weighted by molar-refractivity contribution is 6.24. The number of carbonyl (C=O) groups excluding carboxylic acids is 3. The van der Waals surface area contributed by atoms with Crippen LogP contribution in [0.1, 0.15) is 39.2 Å². The van der Waals surface area contributed by atoms with E-state index in [1.165, 1.54) is 0 Å². The molecule has 1 fully saturated rings. The molecule has 34 heavy (non-hydrogen) atoms. The van der Waals surface area contributed by atoms with Gasteiger partial charge in [-0.1, -0.05) is 24.3 Å². The highest BCUT2D eigenvalue weighted by Crippen LogP contribution is 2.44. The first kappa shape index (κ1) is 21.7. The van der Waals surface area contributed by atoms with Crippen molar-refractivity contribution in [3.05, 3.63) is 89.5 Å². The molecule has 172 valence electrons. The normalized spacial score (nSPS) is 19.2. The van der Waals surface area contributed by atoms with Crippen LogP contribution in [0.4, 0.5) is 11.4 Å². The highest BCUT2D eigenvalue weighted by Gasteiger charge is 2.57. The largest absolute Gasteiger partial charge is 0.494 e. The Hall–Kier alpha value is -4.13. The molecule has 2 unspecified atom stereocenters. The minimum atomic E-state index is -0.913. The fraction of sp³-hybridized carbons (Fsp3) is 0.222. The lowest BCUT2D eigenvalue weighted by atomic mass is 9.86. The van der Waals surface area contributed by atoms with Crippen LogP contribution in [0.5, 0.6) is 5.75 Å². The average molecular weight is 456 g/mol. The van der Waals surface area contributed by atoms with Crippen molar-refractivity contribution >= 4 is 29.1 Å². The summed E-state index contributed by atoms with van der Waals surface area (Å²) in [6.07, 6.45) is 0. The Labute approximate surface area is 198 Å². The van der Waals surface area contributed by atoms with Gasteiger partial charge in [0, 0.05) is 25.5 Å². The molecule has 7 nitrogen and oxygen atoms in total. The van der Waals surface area contributed by atoms with Gasteiger partial charge in [-0.25, -0.2) is 0 Å². The maximum Gasteiger partial charge on any atom is 0.262 e. The van der Waals surface area contributed by atoms with Crippen LogP contribution in [0, 0.1) is 0 Å². The lowest BCUT2D eigenvalue weighted by molar-refractivity contribution is -0.130. The van der Waals surface area contributed by atoms with Gasteiger partial charge in [0.1, 0.15) is 11.8 Å². The van der Waals surface area contributed by atoms with Crippen molar-refractivity contribution in [1.82, 2.24) is 4.90 Å². The first-order valence-electron chi connectivity index (χ1n) is 11.2. The Kier molecular flexibility index (Phi) is 5.32. The predicted molar refractivity (Wildman–Crippen MR) is 129 cm³/mol. The fourth-order valence-electron chi connectivity index (χ4n) is 4.64. The Bertz CT molecular complexity index is 1230. The molecular weight excluding hydrogens is 430 g/mol. The lowest BCUT2D eigenvalue weighted by Gasteiger charge is -2.49. The quantitative estimate of drug-likeness (QED) is 0.417. The van der Waals surface area contributed by atoms with Gasteiger partial charge in [0.05, 0.1) is 23.8 Å². The summed E-state index contributed by atoms with van der Waals surface area (Å²) in [6, 6.07) is 20.4. The number of amides is 3. The Morgan fingerprint density at radius 3 is 1.88 bits per heavy atom. The molecule has 0 radical (unpaired) electrons. The van der Waals surface area contributed by atoms with Crippen molar-refractivity contribution in [3.8, 4) is 5.75 Å². The van der Waals surface area contributed by atoms with Crippen LogP contribution in [0.2, 0.25) is 0 Å². The van der Waals surface area contributed by atoms with E-state index in [0.717, 1.165) is 16.2 Å². The summed E-state index contributed by atoms with van der Waals surface area (Å²) < 4.78 is 5.53. The van der Waals surface area contributed by atoms with E-state index in [0.29, 0.717) is 29.2 Å². The van der Waals surface area contributed by atoms with Crippen molar-refractivity contribution in [2.24, 2.45) is 0 Å². The third kappa shape index (κ3) is 3.32. The molecule has 0 spiro atoms. The van der Waals surface area contributed by atoms with E-state index in [1.54, 1.807) is 29.2 Å². The molecule has 2 atom stereocenters. The third-order valence-electron chi connectivity index (χ3n) is 6.35. The maximum atomic E-state index is 13.5. The van der Waals surface area contributed by atoms with Gasteiger partial charge in [-0.2, -0.15) is 0 Å². The first-order chi connectivity index (χ1) is 16.4. The van der Waals surface area contributed by atoms with E-state index in [4.69, 9.17) is 4.74 Å². The van der Waals surface area contributed by atoms with E-state index < -0.39 is 23.9 Å². The smallest absolute Gasteiger partial charge is 0.262 e. The average Bonchev–Trinajstić information content (AvgIpc) is 3.09. The van der Waals surface area contributed by atoms with Crippen LogP contribution >= 0.6 is 0 Å². The number of imide groups is 1. The number of fused-ring (bicyclic) bond motifs is 1. The molecule has 0 aliphatic carbocycles. The second-order valence-electron chi connectivity index (χ2n) is 8.54. The zero-order chi connectivity index (χ0) is 24.0. The molecule has 0 bridgehead atoms. The van der Waals surface area contributed by atoms with Crippen LogP contribution in [0.3, 0.4) is 0 Å². The van der Waals surface area contributed by atoms with E-state index >= 15 is 0 Å². The maximum absolute atomic E-state index is 13.5. The monoisotopic (exact) mass is 455 g/mol. The minimum absolute atomic E-state index is 0.291. The molecule has 5 rings (SSSR count). The molecule has 3 aromatic carbocycles. The summed E-state index contributed by atoms with van der Waals surface area (Å²) in [4.78, 5) is 44.6. The molecule has 0 saturated carbocycles. The molecule has 3 aromatic rings. The molecule has 3 amide bonds. The van der Waals surface area contributed by atoms with Gasteiger partial charge < -0.3 is 14.5 Å². The number of carbonyl (C=O) groups is 3. The van der Waals surface area contributed by atoms with E-state index in [9.17, 15) is 14.4 Å². The van der Waals surface area contributed by atoms with Gasteiger partial charge >= 0.3 is 0 Å². The van der Waals surface area contributed by atoms with Crippen LogP contribution < -0.4 is 14.5 Å². The Balaban J connectivity index is 1.54. The second-order valence-corrected chi connectivity index (χ2v) is 8.54. The van der Waals surface area contributed by atoms with E-state index in [2.05, 4.69) is 0 Å². The summed E-state index contributed by atoms with van der Waals surface area (Å²) >= 11 is 0. The van der Waals surface area contributed by atoms with Crippen molar-refractivity contribution in [2.75, 3.05) is 30.5 Å². The summed E-state index contributed by atoms with van der Waals surface area (Å²) in [7, 11) is 3.91. The summed E-state index contributed by atoms with van der Waals surface area (Å²) in [5, 5.41) is 0. The van der Waals surface area contributed by atoms with Crippen LogP contribution in [0.15, 0.2) is 72.8 Å².